The smallest absolute Gasteiger partial charge is 0.283 e. The number of nitrogens with zero attached hydrogens (tertiary/aromatic N) is 3. The van der Waals surface area contributed by atoms with Crippen molar-refractivity contribution in [2.45, 2.75) is 39.8 Å². The van der Waals surface area contributed by atoms with Crippen LogP contribution in [0.25, 0.3) is 0 Å². The molecule has 1 aromatic carbocycles. The summed E-state index contributed by atoms with van der Waals surface area (Å²) in [7, 11) is 0. The van der Waals surface area contributed by atoms with Gasteiger partial charge in [-0.3, -0.25) is 9.48 Å². The molecule has 1 N–H and O–H groups in total. The Kier molecular flexibility index (Phi) is 5.62. The Morgan fingerprint density at radius 3 is 2.67 bits per heavy atom. The second kappa shape index (κ2) is 7.49. The van der Waals surface area contributed by atoms with Crippen LogP contribution in [-0.2, 0) is 11.3 Å². The Hall–Kier alpha value is -2.34. The highest BCUT2D eigenvalue weighted by molar-refractivity contribution is 6.30. The van der Waals surface area contributed by atoms with E-state index in [-0.39, 0.29) is 5.91 Å². The number of amides is 1. The first-order valence-electron chi connectivity index (χ1n) is 7.64. The molecular weight excluding hydrogens is 328 g/mol. The maximum atomic E-state index is 12.3. The molecule has 1 heterocycles. The Morgan fingerprint density at radius 2 is 2.08 bits per heavy atom. The van der Waals surface area contributed by atoms with Gasteiger partial charge in [-0.15, -0.1) is 0 Å². The third-order valence-electron chi connectivity index (χ3n) is 3.54. The molecule has 0 saturated heterocycles. The van der Waals surface area contributed by atoms with E-state index in [1.165, 1.54) is 0 Å². The molecule has 1 amide bonds. The summed E-state index contributed by atoms with van der Waals surface area (Å²) in [4.78, 5) is 12.3. The molecule has 2 aromatic rings. The predicted molar refractivity (Wildman–Crippen MR) is 94.5 cm³/mol. The third-order valence-corrected chi connectivity index (χ3v) is 3.80. The number of benzene rings is 1. The molecule has 0 saturated carbocycles. The first-order valence-corrected chi connectivity index (χ1v) is 8.01. The summed E-state index contributed by atoms with van der Waals surface area (Å²) >= 11 is 5.84. The van der Waals surface area contributed by atoms with Gasteiger partial charge in [0.15, 0.2) is 5.60 Å². The largest absolute Gasteiger partial charge is 0.478 e. The first kappa shape index (κ1) is 18.0. The fraction of sp³-hybridized carbons (Fsp3) is 0.353. The molecule has 1 aromatic heterocycles. The molecule has 0 unspecified atom stereocenters. The average Bonchev–Trinajstić information content (AvgIpc) is 2.89. The Labute approximate surface area is 146 Å². The highest BCUT2D eigenvalue weighted by Crippen LogP contribution is 2.21. The number of rotatable bonds is 6. The van der Waals surface area contributed by atoms with Gasteiger partial charge in [0.25, 0.3) is 5.91 Å². The second-order valence-electron chi connectivity index (χ2n) is 5.77. The number of aryl methyl sites for hydroxylation is 1. The molecule has 0 aliphatic carbocycles. The van der Waals surface area contributed by atoms with E-state index in [2.05, 4.69) is 15.6 Å². The fourth-order valence-corrected chi connectivity index (χ4v) is 2.17. The number of hydrogen-bond acceptors (Lipinski definition) is 4. The predicted octanol–water partition coefficient (Wildman–Crippen LogP) is 3.17. The van der Waals surface area contributed by atoms with E-state index in [9.17, 15) is 4.79 Å². The molecular formula is C17H21ClN4O2. The second-order valence-corrected chi connectivity index (χ2v) is 6.20. The van der Waals surface area contributed by atoms with Crippen molar-refractivity contribution in [1.29, 1.82) is 0 Å². The van der Waals surface area contributed by atoms with Crippen molar-refractivity contribution >= 4 is 23.7 Å². The van der Waals surface area contributed by atoms with Crippen molar-refractivity contribution in [2.75, 3.05) is 0 Å². The van der Waals surface area contributed by atoms with Crippen molar-refractivity contribution in [3.05, 3.63) is 46.7 Å². The SMILES string of the molecule is CCn1ncc(/C=N/NC(=O)C(C)(C)Oc2ccc(Cl)cc2)c1C. The zero-order valence-corrected chi connectivity index (χ0v) is 15.0. The lowest BCUT2D eigenvalue weighted by molar-refractivity contribution is -0.134. The van der Waals surface area contributed by atoms with Crippen LogP contribution in [0.4, 0.5) is 0 Å². The summed E-state index contributed by atoms with van der Waals surface area (Å²) in [6, 6.07) is 6.83. The van der Waals surface area contributed by atoms with Crippen molar-refractivity contribution in [2.24, 2.45) is 5.10 Å². The standard InChI is InChI=1S/C17H21ClN4O2/c1-5-22-12(2)13(11-20-22)10-19-21-16(23)17(3,4)24-15-8-6-14(18)7-9-15/h6-11H,5H2,1-4H3,(H,21,23)/b19-10+. The Morgan fingerprint density at radius 1 is 1.42 bits per heavy atom. The lowest BCUT2D eigenvalue weighted by Crippen LogP contribution is -2.44. The van der Waals surface area contributed by atoms with Crippen molar-refractivity contribution in [3.63, 3.8) is 0 Å². The van der Waals surface area contributed by atoms with Gasteiger partial charge in [-0.1, -0.05) is 11.6 Å². The van der Waals surface area contributed by atoms with E-state index >= 15 is 0 Å². The molecule has 24 heavy (non-hydrogen) atoms. The number of ether oxygens (including phenoxy) is 1. The van der Waals surface area contributed by atoms with Gasteiger partial charge in [0.1, 0.15) is 5.75 Å². The van der Waals surface area contributed by atoms with E-state index in [1.54, 1.807) is 50.5 Å². The van der Waals surface area contributed by atoms with Crippen LogP contribution < -0.4 is 10.2 Å². The first-order chi connectivity index (χ1) is 11.3. The maximum absolute atomic E-state index is 12.3. The molecule has 0 fully saturated rings. The van der Waals surface area contributed by atoms with E-state index in [0.29, 0.717) is 10.8 Å². The van der Waals surface area contributed by atoms with E-state index in [0.717, 1.165) is 17.8 Å². The summed E-state index contributed by atoms with van der Waals surface area (Å²) < 4.78 is 7.56. The molecule has 0 bridgehead atoms. The molecule has 0 aliphatic heterocycles. The van der Waals surface area contributed by atoms with Gasteiger partial charge in [-0.25, -0.2) is 5.43 Å². The van der Waals surface area contributed by atoms with E-state index in [4.69, 9.17) is 16.3 Å². The van der Waals surface area contributed by atoms with Gasteiger partial charge in [-0.2, -0.15) is 10.2 Å². The molecule has 6 nitrogen and oxygen atoms in total. The number of carbonyl (C=O) groups is 1. The minimum atomic E-state index is -1.08. The fourth-order valence-electron chi connectivity index (χ4n) is 2.05. The minimum Gasteiger partial charge on any atom is -0.478 e. The average molecular weight is 349 g/mol. The van der Waals surface area contributed by atoms with Gasteiger partial charge < -0.3 is 4.74 Å². The number of carbonyl (C=O) groups excluding carboxylic acids is 1. The molecule has 0 radical (unpaired) electrons. The van der Waals surface area contributed by atoms with Gasteiger partial charge in [-0.05, 0) is 52.0 Å². The normalized spacial score (nSPS) is 11.7. The summed E-state index contributed by atoms with van der Waals surface area (Å²) in [5, 5.41) is 8.82. The van der Waals surface area contributed by atoms with Crippen molar-refractivity contribution < 1.29 is 9.53 Å². The minimum absolute atomic E-state index is 0.353. The molecule has 0 atom stereocenters. The maximum Gasteiger partial charge on any atom is 0.283 e. The van der Waals surface area contributed by atoms with Crippen LogP contribution in [0.2, 0.25) is 5.02 Å². The van der Waals surface area contributed by atoms with Crippen LogP contribution in [-0.4, -0.2) is 27.5 Å². The Bertz CT molecular complexity index is 736. The van der Waals surface area contributed by atoms with Gasteiger partial charge in [0.05, 0.1) is 12.4 Å². The topological polar surface area (TPSA) is 68.5 Å². The number of nitrogens with one attached hydrogen (secondary N) is 1. The number of hydrazone groups is 1. The van der Waals surface area contributed by atoms with Gasteiger partial charge in [0.2, 0.25) is 0 Å². The highest BCUT2D eigenvalue weighted by Gasteiger charge is 2.29. The number of halogens is 1. The molecule has 0 spiro atoms. The molecule has 7 heteroatoms. The van der Waals surface area contributed by atoms with Crippen LogP contribution in [0, 0.1) is 6.92 Å². The zero-order valence-electron chi connectivity index (χ0n) is 14.2. The summed E-state index contributed by atoms with van der Waals surface area (Å²) in [6.07, 6.45) is 3.29. The van der Waals surface area contributed by atoms with Crippen LogP contribution in [0.3, 0.4) is 0 Å². The number of hydrogen-bond donors (Lipinski definition) is 1. The van der Waals surface area contributed by atoms with E-state index < -0.39 is 5.60 Å². The van der Waals surface area contributed by atoms with E-state index in [1.807, 2.05) is 18.5 Å². The van der Waals surface area contributed by atoms with Gasteiger partial charge in [0, 0.05) is 22.8 Å². The van der Waals surface area contributed by atoms with Crippen molar-refractivity contribution in [3.8, 4) is 5.75 Å². The zero-order chi connectivity index (χ0) is 17.7. The van der Waals surface area contributed by atoms with Gasteiger partial charge >= 0.3 is 0 Å². The summed E-state index contributed by atoms with van der Waals surface area (Å²) in [5.41, 5.74) is 3.27. The summed E-state index contributed by atoms with van der Waals surface area (Å²) in [6.45, 7) is 8.10. The molecule has 128 valence electrons. The molecule has 0 aliphatic rings. The van der Waals surface area contributed by atoms with Crippen LogP contribution >= 0.6 is 11.6 Å². The van der Waals surface area contributed by atoms with Crippen LogP contribution in [0.15, 0.2) is 35.6 Å². The third kappa shape index (κ3) is 4.35. The van der Waals surface area contributed by atoms with Crippen LogP contribution in [0.5, 0.6) is 5.75 Å². The van der Waals surface area contributed by atoms with Crippen molar-refractivity contribution in [1.82, 2.24) is 15.2 Å². The highest BCUT2D eigenvalue weighted by atomic mass is 35.5. The molecule has 2 rings (SSSR count). The quantitative estimate of drug-likeness (QED) is 0.644. The Balaban J connectivity index is 1.98. The van der Waals surface area contributed by atoms with Crippen LogP contribution in [0.1, 0.15) is 32.0 Å². The lowest BCUT2D eigenvalue weighted by Gasteiger charge is -2.24. The summed E-state index contributed by atoms with van der Waals surface area (Å²) in [5.74, 6) is 0.206. The number of aromatic nitrogens is 2. The monoisotopic (exact) mass is 348 g/mol. The lowest BCUT2D eigenvalue weighted by atomic mass is 10.1.